The van der Waals surface area contributed by atoms with Gasteiger partial charge in [0.15, 0.2) is 0 Å². The molecule has 20 heavy (non-hydrogen) atoms. The minimum Gasteiger partial charge on any atom is -0.381 e. The first-order valence-corrected chi connectivity index (χ1v) is 8.33. The van der Waals surface area contributed by atoms with Crippen LogP contribution in [0, 0.1) is 5.41 Å². The van der Waals surface area contributed by atoms with Crippen molar-refractivity contribution in [2.24, 2.45) is 5.41 Å². The van der Waals surface area contributed by atoms with Crippen LogP contribution in [0.4, 0.5) is 0 Å². The summed E-state index contributed by atoms with van der Waals surface area (Å²) in [6, 6.07) is 9.26. The average Bonchev–Trinajstić information content (AvgIpc) is 3.06. The standard InChI is InChI=1S/C17H23NOS/c1-13(2)18-11-17(7-8-19-12-17)9-14-10-20-16-6-4-3-5-15(14)16/h3-6,10,13,18H,7-9,11-12H2,1-2H3. The zero-order valence-corrected chi connectivity index (χ0v) is 13.1. The highest BCUT2D eigenvalue weighted by atomic mass is 32.1. The van der Waals surface area contributed by atoms with Gasteiger partial charge in [-0.15, -0.1) is 11.3 Å². The molecule has 0 amide bonds. The largest absolute Gasteiger partial charge is 0.381 e. The van der Waals surface area contributed by atoms with Gasteiger partial charge in [0, 0.05) is 29.3 Å². The summed E-state index contributed by atoms with van der Waals surface area (Å²) in [4.78, 5) is 0. The second kappa shape index (κ2) is 5.84. The lowest BCUT2D eigenvalue weighted by atomic mass is 9.80. The molecular formula is C17H23NOS. The Hall–Kier alpha value is -0.900. The maximum Gasteiger partial charge on any atom is 0.0538 e. The van der Waals surface area contributed by atoms with Crippen molar-refractivity contribution in [2.75, 3.05) is 19.8 Å². The normalized spacial score (nSPS) is 22.9. The highest BCUT2D eigenvalue weighted by Crippen LogP contribution is 2.36. The lowest BCUT2D eigenvalue weighted by Gasteiger charge is -2.29. The number of nitrogens with one attached hydrogen (secondary N) is 1. The molecule has 2 aromatic rings. The van der Waals surface area contributed by atoms with E-state index in [1.165, 1.54) is 15.6 Å². The van der Waals surface area contributed by atoms with Crippen molar-refractivity contribution in [1.82, 2.24) is 5.32 Å². The van der Waals surface area contributed by atoms with E-state index in [9.17, 15) is 0 Å². The van der Waals surface area contributed by atoms with Crippen LogP contribution < -0.4 is 5.32 Å². The van der Waals surface area contributed by atoms with Gasteiger partial charge in [-0.3, -0.25) is 0 Å². The summed E-state index contributed by atoms with van der Waals surface area (Å²) in [5.41, 5.74) is 1.76. The fourth-order valence-corrected chi connectivity index (χ4v) is 3.95. The monoisotopic (exact) mass is 289 g/mol. The van der Waals surface area contributed by atoms with Crippen molar-refractivity contribution in [3.63, 3.8) is 0 Å². The number of ether oxygens (including phenoxy) is 1. The van der Waals surface area contributed by atoms with Crippen LogP contribution in [0.1, 0.15) is 25.8 Å². The molecule has 2 nitrogen and oxygen atoms in total. The first-order valence-electron chi connectivity index (χ1n) is 7.45. The van der Waals surface area contributed by atoms with Crippen molar-refractivity contribution in [2.45, 2.75) is 32.7 Å². The molecule has 1 aromatic heterocycles. The Morgan fingerprint density at radius 3 is 2.95 bits per heavy atom. The predicted molar refractivity (Wildman–Crippen MR) is 86.5 cm³/mol. The number of thiophene rings is 1. The van der Waals surface area contributed by atoms with Crippen LogP contribution in [-0.2, 0) is 11.2 Å². The van der Waals surface area contributed by atoms with E-state index < -0.39 is 0 Å². The molecule has 2 heterocycles. The van der Waals surface area contributed by atoms with Gasteiger partial charge in [0.05, 0.1) is 6.61 Å². The minimum absolute atomic E-state index is 0.272. The second-order valence-electron chi connectivity index (χ2n) is 6.27. The van der Waals surface area contributed by atoms with Crippen LogP contribution in [0.2, 0.25) is 0 Å². The zero-order valence-electron chi connectivity index (χ0n) is 12.3. The fourth-order valence-electron chi connectivity index (χ4n) is 2.99. The molecule has 0 bridgehead atoms. The predicted octanol–water partition coefficient (Wildman–Crippen LogP) is 3.85. The van der Waals surface area contributed by atoms with E-state index in [-0.39, 0.29) is 5.41 Å². The molecule has 1 fully saturated rings. The number of benzene rings is 1. The van der Waals surface area contributed by atoms with Gasteiger partial charge in [0.25, 0.3) is 0 Å². The lowest BCUT2D eigenvalue weighted by molar-refractivity contribution is 0.148. The lowest BCUT2D eigenvalue weighted by Crippen LogP contribution is -2.39. The average molecular weight is 289 g/mol. The summed E-state index contributed by atoms with van der Waals surface area (Å²) in [6.45, 7) is 7.26. The molecule has 1 aromatic carbocycles. The third kappa shape index (κ3) is 2.90. The Morgan fingerprint density at radius 1 is 1.35 bits per heavy atom. The van der Waals surface area contributed by atoms with Crippen molar-refractivity contribution in [1.29, 1.82) is 0 Å². The Labute approximate surface area is 125 Å². The first-order chi connectivity index (χ1) is 9.69. The fraction of sp³-hybridized carbons (Fsp3) is 0.529. The van der Waals surface area contributed by atoms with Gasteiger partial charge in [-0.2, -0.15) is 0 Å². The van der Waals surface area contributed by atoms with Crippen molar-refractivity contribution < 1.29 is 4.74 Å². The number of rotatable bonds is 5. The quantitative estimate of drug-likeness (QED) is 0.903. The van der Waals surface area contributed by atoms with E-state index >= 15 is 0 Å². The molecule has 1 unspecified atom stereocenters. The second-order valence-corrected chi connectivity index (χ2v) is 7.18. The van der Waals surface area contributed by atoms with E-state index in [2.05, 4.69) is 48.8 Å². The van der Waals surface area contributed by atoms with E-state index in [0.717, 1.165) is 32.6 Å². The first kappa shape index (κ1) is 14.1. The summed E-state index contributed by atoms with van der Waals surface area (Å²) >= 11 is 1.86. The topological polar surface area (TPSA) is 21.3 Å². The van der Waals surface area contributed by atoms with Gasteiger partial charge in [-0.05, 0) is 35.2 Å². The highest BCUT2D eigenvalue weighted by Gasteiger charge is 2.35. The molecule has 108 valence electrons. The van der Waals surface area contributed by atoms with E-state index in [1.807, 2.05) is 11.3 Å². The molecule has 0 radical (unpaired) electrons. The van der Waals surface area contributed by atoms with Crippen LogP contribution in [0.25, 0.3) is 10.1 Å². The Balaban J connectivity index is 1.82. The summed E-state index contributed by atoms with van der Waals surface area (Å²) in [5, 5.41) is 7.37. The molecule has 0 saturated carbocycles. The Bertz CT molecular complexity index is 569. The number of hydrogen-bond donors (Lipinski definition) is 1. The molecular weight excluding hydrogens is 266 g/mol. The maximum absolute atomic E-state index is 5.72. The highest BCUT2D eigenvalue weighted by molar-refractivity contribution is 7.17. The van der Waals surface area contributed by atoms with Crippen molar-refractivity contribution in [3.8, 4) is 0 Å². The molecule has 1 aliphatic rings. The van der Waals surface area contributed by atoms with E-state index in [0.29, 0.717) is 6.04 Å². The molecule has 3 rings (SSSR count). The van der Waals surface area contributed by atoms with Crippen molar-refractivity contribution in [3.05, 3.63) is 35.2 Å². The summed E-state index contributed by atoms with van der Waals surface area (Å²) in [6.07, 6.45) is 2.29. The number of fused-ring (bicyclic) bond motifs is 1. The van der Waals surface area contributed by atoms with Crippen LogP contribution in [0.5, 0.6) is 0 Å². The summed E-state index contributed by atoms with van der Waals surface area (Å²) in [5.74, 6) is 0. The molecule has 0 spiro atoms. The Morgan fingerprint density at radius 2 is 2.20 bits per heavy atom. The SMILES string of the molecule is CC(C)NCC1(Cc2csc3ccccc23)CCOC1. The molecule has 1 aliphatic heterocycles. The van der Waals surface area contributed by atoms with Crippen LogP contribution in [0.3, 0.4) is 0 Å². The third-order valence-corrected chi connectivity index (χ3v) is 5.21. The van der Waals surface area contributed by atoms with Crippen molar-refractivity contribution >= 4 is 21.4 Å². The van der Waals surface area contributed by atoms with E-state index in [1.54, 1.807) is 0 Å². The molecule has 0 aliphatic carbocycles. The van der Waals surface area contributed by atoms with Crippen LogP contribution >= 0.6 is 11.3 Å². The molecule has 1 saturated heterocycles. The van der Waals surface area contributed by atoms with Crippen LogP contribution in [-0.4, -0.2) is 25.8 Å². The van der Waals surface area contributed by atoms with Gasteiger partial charge in [-0.1, -0.05) is 32.0 Å². The maximum atomic E-state index is 5.72. The molecule has 3 heteroatoms. The third-order valence-electron chi connectivity index (χ3n) is 4.20. The van der Waals surface area contributed by atoms with Gasteiger partial charge < -0.3 is 10.1 Å². The summed E-state index contributed by atoms with van der Waals surface area (Å²) < 4.78 is 7.11. The van der Waals surface area contributed by atoms with Gasteiger partial charge in [-0.25, -0.2) is 0 Å². The zero-order chi connectivity index (χ0) is 14.0. The van der Waals surface area contributed by atoms with Gasteiger partial charge in [0.2, 0.25) is 0 Å². The molecule has 1 atom stereocenters. The van der Waals surface area contributed by atoms with Crippen LogP contribution in [0.15, 0.2) is 29.6 Å². The van der Waals surface area contributed by atoms with Gasteiger partial charge in [0.1, 0.15) is 0 Å². The van der Waals surface area contributed by atoms with E-state index in [4.69, 9.17) is 4.74 Å². The molecule has 1 N–H and O–H groups in total. The number of hydrogen-bond acceptors (Lipinski definition) is 3. The minimum atomic E-state index is 0.272. The van der Waals surface area contributed by atoms with Gasteiger partial charge >= 0.3 is 0 Å². The smallest absolute Gasteiger partial charge is 0.0538 e. The summed E-state index contributed by atoms with van der Waals surface area (Å²) in [7, 11) is 0. The Kier molecular flexibility index (Phi) is 4.11.